The molecule has 110 valence electrons. The molecule has 0 spiro atoms. The molecule has 1 saturated heterocycles. The summed E-state index contributed by atoms with van der Waals surface area (Å²) in [4.78, 5) is 16.3. The highest BCUT2D eigenvalue weighted by Gasteiger charge is 2.22. The lowest BCUT2D eigenvalue weighted by molar-refractivity contribution is 0.0758. The molecule has 0 saturated carbocycles. The van der Waals surface area contributed by atoms with Crippen molar-refractivity contribution in [2.75, 3.05) is 38.6 Å². The molecule has 20 heavy (non-hydrogen) atoms. The van der Waals surface area contributed by atoms with Crippen LogP contribution in [0.25, 0.3) is 0 Å². The Morgan fingerprint density at radius 2 is 2.10 bits per heavy atom. The molecule has 1 aliphatic heterocycles. The second kappa shape index (κ2) is 6.90. The minimum absolute atomic E-state index is 0.150. The summed E-state index contributed by atoms with van der Waals surface area (Å²) in [6.45, 7) is 3.71. The minimum Gasteiger partial charge on any atom is -0.507 e. The van der Waals surface area contributed by atoms with Gasteiger partial charge in [0, 0.05) is 38.1 Å². The van der Waals surface area contributed by atoms with Crippen LogP contribution in [-0.4, -0.2) is 59.4 Å². The molecule has 2 rings (SSSR count). The summed E-state index contributed by atoms with van der Waals surface area (Å²) in [6, 6.07) is 3.48. The number of aromatic hydroxyl groups is 1. The average molecular weight is 301 g/mol. The van der Waals surface area contributed by atoms with E-state index in [0.29, 0.717) is 19.0 Å². The number of carbonyl (C=O) groups excluding carboxylic acids is 1. The molecule has 0 radical (unpaired) electrons. The van der Waals surface area contributed by atoms with Crippen LogP contribution in [0.3, 0.4) is 0 Å². The molecular formula is C14H18ClFN2O2. The van der Waals surface area contributed by atoms with E-state index in [4.69, 9.17) is 11.6 Å². The molecular weight excluding hydrogens is 283 g/mol. The maximum Gasteiger partial charge on any atom is 0.257 e. The first-order chi connectivity index (χ1) is 9.61. The van der Waals surface area contributed by atoms with Gasteiger partial charge in [-0.3, -0.25) is 4.79 Å². The molecule has 1 aliphatic rings. The number of amides is 1. The molecule has 1 N–H and O–H groups in total. The Morgan fingerprint density at radius 3 is 2.80 bits per heavy atom. The van der Waals surface area contributed by atoms with Crippen LogP contribution in [-0.2, 0) is 0 Å². The fourth-order valence-corrected chi connectivity index (χ4v) is 2.61. The first-order valence-corrected chi connectivity index (χ1v) is 7.21. The van der Waals surface area contributed by atoms with Crippen molar-refractivity contribution >= 4 is 17.5 Å². The van der Waals surface area contributed by atoms with Crippen LogP contribution in [0.1, 0.15) is 16.8 Å². The van der Waals surface area contributed by atoms with Crippen molar-refractivity contribution in [3.8, 4) is 5.75 Å². The van der Waals surface area contributed by atoms with Crippen molar-refractivity contribution in [3.63, 3.8) is 0 Å². The number of phenols is 1. The largest absolute Gasteiger partial charge is 0.507 e. The third-order valence-electron chi connectivity index (χ3n) is 3.47. The number of benzene rings is 1. The summed E-state index contributed by atoms with van der Waals surface area (Å²) >= 11 is 5.73. The van der Waals surface area contributed by atoms with Gasteiger partial charge in [0.1, 0.15) is 11.6 Å². The maximum absolute atomic E-state index is 13.0. The Labute approximate surface area is 122 Å². The van der Waals surface area contributed by atoms with Crippen LogP contribution in [0.4, 0.5) is 4.39 Å². The Hall–Kier alpha value is -1.33. The van der Waals surface area contributed by atoms with Gasteiger partial charge in [0.05, 0.1) is 5.56 Å². The quantitative estimate of drug-likeness (QED) is 0.867. The third-order valence-corrected chi connectivity index (χ3v) is 3.64. The highest BCUT2D eigenvalue weighted by atomic mass is 35.5. The molecule has 1 aromatic rings. The molecule has 1 amide bonds. The van der Waals surface area contributed by atoms with Gasteiger partial charge in [0.25, 0.3) is 5.91 Å². The average Bonchev–Trinajstić information content (AvgIpc) is 2.64. The number of nitrogens with zero attached hydrogens (tertiary/aromatic N) is 2. The van der Waals surface area contributed by atoms with Crippen LogP contribution in [0, 0.1) is 5.82 Å². The van der Waals surface area contributed by atoms with Gasteiger partial charge in [-0.25, -0.2) is 4.39 Å². The topological polar surface area (TPSA) is 43.8 Å². The molecule has 6 heteroatoms. The van der Waals surface area contributed by atoms with Gasteiger partial charge < -0.3 is 14.9 Å². The Bertz CT molecular complexity index is 484. The Kier molecular flexibility index (Phi) is 5.20. The van der Waals surface area contributed by atoms with Gasteiger partial charge in [0.2, 0.25) is 0 Å². The Morgan fingerprint density at radius 1 is 1.30 bits per heavy atom. The van der Waals surface area contributed by atoms with E-state index in [1.54, 1.807) is 4.90 Å². The second-order valence-corrected chi connectivity index (χ2v) is 5.22. The summed E-state index contributed by atoms with van der Waals surface area (Å²) in [5.41, 5.74) is 0.150. The van der Waals surface area contributed by atoms with Crippen molar-refractivity contribution in [3.05, 3.63) is 29.6 Å². The van der Waals surface area contributed by atoms with Crippen molar-refractivity contribution < 1.29 is 14.3 Å². The molecule has 1 aromatic carbocycles. The van der Waals surface area contributed by atoms with Gasteiger partial charge in [-0.1, -0.05) is 0 Å². The lowest BCUT2D eigenvalue weighted by Crippen LogP contribution is -2.35. The molecule has 0 aromatic heterocycles. The van der Waals surface area contributed by atoms with Crippen LogP contribution in [0.15, 0.2) is 18.2 Å². The normalized spacial score (nSPS) is 17.0. The predicted octanol–water partition coefficient (Wildman–Crippen LogP) is 1.92. The minimum atomic E-state index is -0.553. The number of halogens is 2. The monoisotopic (exact) mass is 300 g/mol. The third kappa shape index (κ3) is 3.61. The van der Waals surface area contributed by atoms with Crippen molar-refractivity contribution in [2.45, 2.75) is 6.42 Å². The van der Waals surface area contributed by atoms with Crippen molar-refractivity contribution in [1.82, 2.24) is 9.80 Å². The standard InChI is InChI=1S/C14H18ClFN2O2/c15-4-7-17-5-1-6-18(9-8-17)14(20)12-3-2-11(16)10-13(12)19/h2-3,10,19H,1,4-9H2. The van der Waals surface area contributed by atoms with Crippen LogP contribution in [0.2, 0.25) is 0 Å². The number of carbonyl (C=O) groups is 1. The van der Waals surface area contributed by atoms with Gasteiger partial charge in [-0.05, 0) is 25.1 Å². The van der Waals surface area contributed by atoms with E-state index in [9.17, 15) is 14.3 Å². The molecule has 0 bridgehead atoms. The van der Waals surface area contributed by atoms with E-state index in [1.807, 2.05) is 0 Å². The fraction of sp³-hybridized carbons (Fsp3) is 0.500. The zero-order chi connectivity index (χ0) is 14.5. The first kappa shape index (κ1) is 15.1. The summed E-state index contributed by atoms with van der Waals surface area (Å²) < 4.78 is 13.0. The van der Waals surface area contributed by atoms with Crippen molar-refractivity contribution in [1.29, 1.82) is 0 Å². The summed E-state index contributed by atoms with van der Waals surface area (Å²) in [5, 5.41) is 9.68. The second-order valence-electron chi connectivity index (χ2n) is 4.84. The van der Waals surface area contributed by atoms with Crippen LogP contribution >= 0.6 is 11.6 Å². The molecule has 1 heterocycles. The maximum atomic E-state index is 13.0. The lowest BCUT2D eigenvalue weighted by Gasteiger charge is -2.21. The van der Waals surface area contributed by atoms with Crippen LogP contribution in [0.5, 0.6) is 5.75 Å². The van der Waals surface area contributed by atoms with Gasteiger partial charge in [-0.2, -0.15) is 0 Å². The van der Waals surface area contributed by atoms with E-state index in [1.165, 1.54) is 12.1 Å². The van der Waals surface area contributed by atoms with E-state index in [0.717, 1.165) is 32.1 Å². The zero-order valence-electron chi connectivity index (χ0n) is 11.2. The zero-order valence-corrected chi connectivity index (χ0v) is 11.9. The molecule has 4 nitrogen and oxygen atoms in total. The molecule has 1 fully saturated rings. The number of alkyl halides is 1. The number of hydrogen-bond acceptors (Lipinski definition) is 3. The lowest BCUT2D eigenvalue weighted by atomic mass is 10.1. The molecule has 0 unspecified atom stereocenters. The summed E-state index contributed by atoms with van der Waals surface area (Å²) in [6.07, 6.45) is 0.866. The summed E-state index contributed by atoms with van der Waals surface area (Å²) in [5.74, 6) is -0.539. The van der Waals surface area contributed by atoms with Gasteiger partial charge >= 0.3 is 0 Å². The smallest absolute Gasteiger partial charge is 0.257 e. The number of hydrogen-bond donors (Lipinski definition) is 1. The Balaban J connectivity index is 2.05. The van der Waals surface area contributed by atoms with E-state index in [-0.39, 0.29) is 17.2 Å². The van der Waals surface area contributed by atoms with Crippen LogP contribution < -0.4 is 0 Å². The van der Waals surface area contributed by atoms with Gasteiger partial charge in [0.15, 0.2) is 0 Å². The number of rotatable bonds is 3. The first-order valence-electron chi connectivity index (χ1n) is 6.68. The van der Waals surface area contributed by atoms with Crippen molar-refractivity contribution in [2.24, 2.45) is 0 Å². The highest BCUT2D eigenvalue weighted by Crippen LogP contribution is 2.20. The molecule has 0 atom stereocenters. The van der Waals surface area contributed by atoms with E-state index < -0.39 is 5.82 Å². The summed E-state index contributed by atoms with van der Waals surface area (Å²) in [7, 11) is 0. The SMILES string of the molecule is O=C(c1ccc(F)cc1O)N1CCCN(CCCl)CC1. The van der Waals surface area contributed by atoms with E-state index in [2.05, 4.69) is 4.90 Å². The number of phenolic OH excluding ortho intramolecular Hbond substituents is 1. The highest BCUT2D eigenvalue weighted by molar-refractivity contribution is 6.18. The van der Waals surface area contributed by atoms with Gasteiger partial charge in [-0.15, -0.1) is 11.6 Å². The molecule has 0 aliphatic carbocycles. The predicted molar refractivity (Wildman–Crippen MR) is 75.7 cm³/mol. The van der Waals surface area contributed by atoms with E-state index >= 15 is 0 Å². The fourth-order valence-electron chi connectivity index (χ4n) is 2.37.